The molecule has 7 nitrogen and oxygen atoms in total. The van der Waals surface area contributed by atoms with Gasteiger partial charge in [0.15, 0.2) is 0 Å². The van der Waals surface area contributed by atoms with Gasteiger partial charge in [-0.05, 0) is 45.1 Å². The van der Waals surface area contributed by atoms with Gasteiger partial charge in [0.2, 0.25) is 5.95 Å². The van der Waals surface area contributed by atoms with Crippen molar-refractivity contribution in [1.29, 1.82) is 0 Å². The smallest absolute Gasteiger partial charge is 0.262 e. The molecule has 1 aromatic heterocycles. The molecule has 2 aromatic rings. The highest BCUT2D eigenvalue weighted by Crippen LogP contribution is 2.28. The fourth-order valence-electron chi connectivity index (χ4n) is 3.24. The summed E-state index contributed by atoms with van der Waals surface area (Å²) < 4.78 is 8.00. The summed E-state index contributed by atoms with van der Waals surface area (Å²) in [6, 6.07) is 5.47. The number of nitrogens with two attached hydrogens (primary N) is 1. The minimum Gasteiger partial charge on any atom is -0.381 e. The van der Waals surface area contributed by atoms with Crippen LogP contribution in [0.15, 0.2) is 27.5 Å². The van der Waals surface area contributed by atoms with Crippen LogP contribution in [0.1, 0.15) is 12.8 Å². The van der Waals surface area contributed by atoms with Crippen LogP contribution in [0.2, 0.25) is 0 Å². The Morgan fingerprint density at radius 1 is 1.42 bits per heavy atom. The zero-order valence-electron chi connectivity index (χ0n) is 13.9. The highest BCUT2D eigenvalue weighted by molar-refractivity contribution is 9.10. The summed E-state index contributed by atoms with van der Waals surface area (Å²) in [6.45, 7) is 1.88. The number of rotatable bonds is 4. The second-order valence-corrected chi connectivity index (χ2v) is 7.28. The Hall–Kier alpha value is -1.48. The fraction of sp³-hybridized carbons (Fsp3) is 0.500. The van der Waals surface area contributed by atoms with E-state index < -0.39 is 0 Å². The molecule has 1 aliphatic rings. The maximum Gasteiger partial charge on any atom is 0.262 e. The molecule has 0 radical (unpaired) electrons. The minimum atomic E-state index is -0.158. The lowest BCUT2D eigenvalue weighted by molar-refractivity contribution is -0.0168. The van der Waals surface area contributed by atoms with E-state index >= 15 is 0 Å². The summed E-state index contributed by atoms with van der Waals surface area (Å²) in [6.07, 6.45) is 1.71. The number of hydrazine groups is 1. The molecule has 0 aliphatic carbocycles. The Labute approximate surface area is 148 Å². The lowest BCUT2D eigenvalue weighted by atomic mass is 9.88. The zero-order valence-corrected chi connectivity index (χ0v) is 15.5. The van der Waals surface area contributed by atoms with Gasteiger partial charge in [-0.25, -0.2) is 10.8 Å². The number of hydrogen-bond donors (Lipinski definition) is 2. The van der Waals surface area contributed by atoms with E-state index in [0.29, 0.717) is 36.6 Å². The first-order valence-electron chi connectivity index (χ1n) is 7.89. The summed E-state index contributed by atoms with van der Waals surface area (Å²) in [5, 5.41) is 0.573. The van der Waals surface area contributed by atoms with Crippen LogP contribution in [0.25, 0.3) is 10.9 Å². The molecule has 8 heteroatoms. The van der Waals surface area contributed by atoms with Gasteiger partial charge in [-0.3, -0.25) is 14.8 Å². The third kappa shape index (κ3) is 3.06. The van der Waals surface area contributed by atoms with Crippen LogP contribution >= 0.6 is 15.9 Å². The lowest BCUT2D eigenvalue weighted by Gasteiger charge is -2.43. The quantitative estimate of drug-likeness (QED) is 0.603. The molecule has 2 heterocycles. The number of hydrogen-bond acceptors (Lipinski definition) is 6. The Bertz CT molecular complexity index is 799. The van der Waals surface area contributed by atoms with Crippen molar-refractivity contribution in [1.82, 2.24) is 14.5 Å². The van der Waals surface area contributed by atoms with Gasteiger partial charge in [0.05, 0.1) is 10.9 Å². The standard InChI is InChI=1S/C16H22BrN5O2/c1-21(2)16(5-7-24-8-6-16)10-22-14(23)12-9-11(17)3-4-13(12)19-15(22)20-18/h3-4,9H,5-8,10,18H2,1-2H3,(H,19,20). The third-order valence-corrected chi connectivity index (χ3v) is 5.36. The Morgan fingerprint density at radius 2 is 2.12 bits per heavy atom. The largest absolute Gasteiger partial charge is 0.381 e. The number of ether oxygens (including phenoxy) is 1. The molecule has 1 saturated heterocycles. The van der Waals surface area contributed by atoms with Gasteiger partial charge in [-0.15, -0.1) is 0 Å². The summed E-state index contributed by atoms with van der Waals surface area (Å²) in [5.41, 5.74) is 2.95. The molecule has 3 rings (SSSR count). The summed E-state index contributed by atoms with van der Waals surface area (Å²) in [5.74, 6) is 6.02. The first-order valence-corrected chi connectivity index (χ1v) is 8.68. The van der Waals surface area contributed by atoms with Crippen molar-refractivity contribution in [3.05, 3.63) is 33.0 Å². The molecule has 0 saturated carbocycles. The predicted octanol–water partition coefficient (Wildman–Crippen LogP) is 1.56. The SMILES string of the molecule is CN(C)C1(Cn2c(NN)nc3ccc(Br)cc3c2=O)CCOCC1. The molecule has 3 N–H and O–H groups in total. The Morgan fingerprint density at radius 3 is 2.75 bits per heavy atom. The second kappa shape index (κ2) is 6.79. The molecule has 1 aromatic carbocycles. The van der Waals surface area contributed by atoms with Crippen LogP contribution in [0, 0.1) is 0 Å². The normalized spacial score (nSPS) is 17.4. The van der Waals surface area contributed by atoms with Crippen molar-refractivity contribution >= 4 is 32.8 Å². The Balaban J connectivity index is 2.13. The Kier molecular flexibility index (Phi) is 4.91. The molecule has 0 spiro atoms. The van der Waals surface area contributed by atoms with E-state index in [1.165, 1.54) is 0 Å². The van der Waals surface area contributed by atoms with Crippen molar-refractivity contribution in [2.75, 3.05) is 32.7 Å². The molecule has 0 atom stereocenters. The van der Waals surface area contributed by atoms with E-state index in [9.17, 15) is 4.79 Å². The average Bonchev–Trinajstić information content (AvgIpc) is 2.58. The molecule has 0 amide bonds. The minimum absolute atomic E-state index is 0.0954. The first kappa shape index (κ1) is 17.3. The summed E-state index contributed by atoms with van der Waals surface area (Å²) >= 11 is 3.42. The van der Waals surface area contributed by atoms with Crippen LogP contribution < -0.4 is 16.8 Å². The van der Waals surface area contributed by atoms with E-state index in [4.69, 9.17) is 10.6 Å². The molecule has 0 unspecified atom stereocenters. The number of nitrogens with one attached hydrogen (secondary N) is 1. The van der Waals surface area contributed by atoms with Crippen molar-refractivity contribution in [3.63, 3.8) is 0 Å². The van der Waals surface area contributed by atoms with E-state index in [1.807, 2.05) is 26.2 Å². The van der Waals surface area contributed by atoms with Crippen LogP contribution in [-0.2, 0) is 11.3 Å². The first-order chi connectivity index (χ1) is 11.5. The highest BCUT2D eigenvalue weighted by Gasteiger charge is 2.36. The van der Waals surface area contributed by atoms with Crippen molar-refractivity contribution in [2.45, 2.75) is 24.9 Å². The number of likely N-dealkylation sites (N-methyl/N-ethyl adjacent to an activating group) is 1. The number of anilines is 1. The van der Waals surface area contributed by atoms with Crippen LogP contribution in [0.5, 0.6) is 0 Å². The molecular weight excluding hydrogens is 374 g/mol. The van der Waals surface area contributed by atoms with Crippen LogP contribution in [0.4, 0.5) is 5.95 Å². The van der Waals surface area contributed by atoms with Gasteiger partial charge in [-0.2, -0.15) is 0 Å². The second-order valence-electron chi connectivity index (χ2n) is 6.36. The van der Waals surface area contributed by atoms with Gasteiger partial charge < -0.3 is 9.64 Å². The number of nitrogen functional groups attached to an aromatic ring is 1. The molecule has 130 valence electrons. The lowest BCUT2D eigenvalue weighted by Crippen LogP contribution is -2.53. The summed E-state index contributed by atoms with van der Waals surface area (Å²) in [7, 11) is 4.08. The van der Waals surface area contributed by atoms with Gasteiger partial charge in [0, 0.05) is 29.8 Å². The summed E-state index contributed by atoms with van der Waals surface area (Å²) in [4.78, 5) is 19.7. The van der Waals surface area contributed by atoms with E-state index in [0.717, 1.165) is 17.3 Å². The van der Waals surface area contributed by atoms with Gasteiger partial charge in [0.25, 0.3) is 5.56 Å². The predicted molar refractivity (Wildman–Crippen MR) is 98.0 cm³/mol. The maximum absolute atomic E-state index is 13.1. The number of aromatic nitrogens is 2. The van der Waals surface area contributed by atoms with Crippen molar-refractivity contribution in [3.8, 4) is 0 Å². The molecule has 1 aliphatic heterocycles. The van der Waals surface area contributed by atoms with Gasteiger partial charge >= 0.3 is 0 Å². The maximum atomic E-state index is 13.1. The van der Waals surface area contributed by atoms with E-state index in [-0.39, 0.29) is 11.1 Å². The monoisotopic (exact) mass is 395 g/mol. The number of nitrogens with zero attached hydrogens (tertiary/aromatic N) is 3. The zero-order chi connectivity index (χ0) is 17.3. The van der Waals surface area contributed by atoms with Crippen molar-refractivity contribution in [2.24, 2.45) is 5.84 Å². The topological polar surface area (TPSA) is 85.4 Å². The average molecular weight is 396 g/mol. The van der Waals surface area contributed by atoms with E-state index in [1.54, 1.807) is 10.6 Å². The fourth-order valence-corrected chi connectivity index (χ4v) is 3.60. The number of fused-ring (bicyclic) bond motifs is 1. The van der Waals surface area contributed by atoms with Crippen LogP contribution in [-0.4, -0.2) is 47.3 Å². The number of benzene rings is 1. The highest BCUT2D eigenvalue weighted by atomic mass is 79.9. The molecular formula is C16H22BrN5O2. The molecule has 0 bridgehead atoms. The third-order valence-electron chi connectivity index (χ3n) is 4.87. The van der Waals surface area contributed by atoms with E-state index in [2.05, 4.69) is 31.2 Å². The molecule has 24 heavy (non-hydrogen) atoms. The van der Waals surface area contributed by atoms with Crippen molar-refractivity contribution < 1.29 is 4.74 Å². The number of halogens is 1. The van der Waals surface area contributed by atoms with Crippen LogP contribution in [0.3, 0.4) is 0 Å². The van der Waals surface area contributed by atoms with Gasteiger partial charge in [-0.1, -0.05) is 15.9 Å². The van der Waals surface area contributed by atoms with Gasteiger partial charge in [0.1, 0.15) is 0 Å². The molecule has 1 fully saturated rings.